The number of carbonyl (C=O) groups excluding carboxylic acids is 1. The van der Waals surface area contributed by atoms with Crippen LogP contribution in [0.1, 0.15) is 5.69 Å². The number of pyridine rings is 1. The molecule has 0 spiro atoms. The Labute approximate surface area is 123 Å². The van der Waals surface area contributed by atoms with Crippen LogP contribution >= 0.6 is 0 Å². The number of anilines is 1. The zero-order valence-corrected chi connectivity index (χ0v) is 11.6. The topological polar surface area (TPSA) is 46.9 Å². The highest BCUT2D eigenvalue weighted by atomic mass is 16.2. The number of nitrogens with zero attached hydrogens (tertiary/aromatic N) is 2. The Balaban J connectivity index is 1.86. The molecule has 1 radical (unpaired) electrons. The van der Waals surface area contributed by atoms with Crippen molar-refractivity contribution >= 4 is 11.7 Å². The summed E-state index contributed by atoms with van der Waals surface area (Å²) in [4.78, 5) is 16.2. The number of aryl methyl sites for hydroxylation is 1. The Morgan fingerprint density at radius 3 is 2.57 bits per heavy atom. The number of benzene rings is 1. The van der Waals surface area contributed by atoms with Gasteiger partial charge in [0.2, 0.25) is 0 Å². The Morgan fingerprint density at radius 1 is 1.14 bits per heavy atom. The first-order chi connectivity index (χ1) is 10.2. The van der Waals surface area contributed by atoms with Gasteiger partial charge in [-0.2, -0.15) is 0 Å². The molecule has 0 atom stereocenters. The molecule has 0 fully saturated rings. The van der Waals surface area contributed by atoms with Gasteiger partial charge in [-0.05, 0) is 30.7 Å². The van der Waals surface area contributed by atoms with E-state index in [1.165, 1.54) is 4.57 Å². The summed E-state index contributed by atoms with van der Waals surface area (Å²) in [5.41, 5.74) is 3.48. The molecule has 0 saturated carbocycles. The van der Waals surface area contributed by atoms with Gasteiger partial charge >= 0.3 is 6.03 Å². The third-order valence-corrected chi connectivity index (χ3v) is 3.16. The molecule has 4 heteroatoms. The summed E-state index contributed by atoms with van der Waals surface area (Å²) in [7, 11) is 0. The van der Waals surface area contributed by atoms with E-state index in [4.69, 9.17) is 0 Å². The number of hydrogen-bond donors (Lipinski definition) is 1. The summed E-state index contributed by atoms with van der Waals surface area (Å²) in [5, 5.41) is 2.82. The minimum atomic E-state index is -0.235. The summed E-state index contributed by atoms with van der Waals surface area (Å²) in [5.74, 6) is 0. The zero-order chi connectivity index (χ0) is 14.7. The highest BCUT2D eigenvalue weighted by Crippen LogP contribution is 2.21. The highest BCUT2D eigenvalue weighted by molar-refractivity contribution is 5.92. The first kappa shape index (κ1) is 13.1. The lowest BCUT2D eigenvalue weighted by Gasteiger charge is -2.06. The van der Waals surface area contributed by atoms with Crippen LogP contribution in [-0.4, -0.2) is 15.6 Å². The van der Waals surface area contributed by atoms with Gasteiger partial charge in [-0.25, -0.2) is 4.79 Å². The van der Waals surface area contributed by atoms with Crippen LogP contribution < -0.4 is 5.32 Å². The number of aromatic nitrogens is 2. The van der Waals surface area contributed by atoms with E-state index in [0.29, 0.717) is 5.69 Å². The average molecular weight is 276 g/mol. The van der Waals surface area contributed by atoms with E-state index in [2.05, 4.69) is 16.5 Å². The van der Waals surface area contributed by atoms with Crippen molar-refractivity contribution in [1.29, 1.82) is 0 Å². The van der Waals surface area contributed by atoms with Crippen LogP contribution in [0, 0.1) is 13.1 Å². The van der Waals surface area contributed by atoms with Crippen molar-refractivity contribution in [2.45, 2.75) is 6.92 Å². The van der Waals surface area contributed by atoms with Gasteiger partial charge in [-0.15, -0.1) is 0 Å². The SMILES string of the molecule is Cc1cc(-c2ccccc2)[c]n1C(=O)Nc1ccncc1. The Bertz CT molecular complexity index is 748. The van der Waals surface area contributed by atoms with Crippen molar-refractivity contribution in [3.05, 3.63) is 72.8 Å². The van der Waals surface area contributed by atoms with Gasteiger partial charge in [0.25, 0.3) is 0 Å². The second-order valence-corrected chi connectivity index (χ2v) is 4.68. The summed E-state index contributed by atoms with van der Waals surface area (Å²) >= 11 is 0. The number of hydrogen-bond acceptors (Lipinski definition) is 2. The number of rotatable bonds is 2. The number of carbonyl (C=O) groups is 1. The molecule has 21 heavy (non-hydrogen) atoms. The maximum atomic E-state index is 12.3. The van der Waals surface area contributed by atoms with Crippen LogP contribution in [0.15, 0.2) is 60.9 Å². The Kier molecular flexibility index (Phi) is 3.51. The molecule has 0 bridgehead atoms. The average Bonchev–Trinajstić information content (AvgIpc) is 2.91. The molecular formula is C17H14N3O. The molecule has 0 aliphatic rings. The summed E-state index contributed by atoms with van der Waals surface area (Å²) in [6, 6.07) is 15.1. The second kappa shape index (κ2) is 5.63. The van der Waals surface area contributed by atoms with Crippen LogP contribution in [0.25, 0.3) is 11.1 Å². The van der Waals surface area contributed by atoms with Crippen molar-refractivity contribution in [2.75, 3.05) is 5.32 Å². The molecule has 2 heterocycles. The summed E-state index contributed by atoms with van der Waals surface area (Å²) in [6.45, 7) is 1.88. The molecule has 4 nitrogen and oxygen atoms in total. The van der Waals surface area contributed by atoms with Gasteiger partial charge in [-0.1, -0.05) is 30.3 Å². The van der Waals surface area contributed by atoms with Gasteiger partial charge in [0, 0.05) is 29.3 Å². The van der Waals surface area contributed by atoms with Crippen molar-refractivity contribution in [3.8, 4) is 11.1 Å². The van der Waals surface area contributed by atoms with Crippen molar-refractivity contribution in [1.82, 2.24) is 9.55 Å². The molecule has 3 rings (SSSR count). The largest absolute Gasteiger partial charge is 0.330 e. The van der Waals surface area contributed by atoms with E-state index in [1.807, 2.05) is 43.3 Å². The quantitative estimate of drug-likeness (QED) is 0.775. The van der Waals surface area contributed by atoms with Crippen molar-refractivity contribution in [2.24, 2.45) is 0 Å². The fourth-order valence-corrected chi connectivity index (χ4v) is 2.11. The van der Waals surface area contributed by atoms with Crippen LogP contribution in [0.4, 0.5) is 10.5 Å². The first-order valence-corrected chi connectivity index (χ1v) is 6.62. The maximum absolute atomic E-state index is 12.3. The van der Waals surface area contributed by atoms with Crippen molar-refractivity contribution in [3.63, 3.8) is 0 Å². The van der Waals surface area contributed by atoms with E-state index in [1.54, 1.807) is 24.5 Å². The van der Waals surface area contributed by atoms with E-state index >= 15 is 0 Å². The minimum absolute atomic E-state index is 0.235. The molecular weight excluding hydrogens is 262 g/mol. The lowest BCUT2D eigenvalue weighted by atomic mass is 10.1. The van der Waals surface area contributed by atoms with Gasteiger partial charge in [0.15, 0.2) is 0 Å². The molecule has 0 aliphatic carbocycles. The molecule has 1 amide bonds. The lowest BCUT2D eigenvalue weighted by Crippen LogP contribution is -2.19. The van der Waals surface area contributed by atoms with E-state index in [9.17, 15) is 4.79 Å². The fourth-order valence-electron chi connectivity index (χ4n) is 2.11. The third-order valence-electron chi connectivity index (χ3n) is 3.16. The van der Waals surface area contributed by atoms with Crippen LogP contribution in [0.5, 0.6) is 0 Å². The van der Waals surface area contributed by atoms with Gasteiger partial charge in [0.1, 0.15) is 0 Å². The monoisotopic (exact) mass is 276 g/mol. The van der Waals surface area contributed by atoms with Crippen LogP contribution in [-0.2, 0) is 0 Å². The maximum Gasteiger partial charge on any atom is 0.330 e. The molecule has 1 aromatic carbocycles. The van der Waals surface area contributed by atoms with Gasteiger partial charge < -0.3 is 5.32 Å². The predicted octanol–water partition coefficient (Wildman–Crippen LogP) is 3.74. The van der Waals surface area contributed by atoms with E-state index < -0.39 is 0 Å². The Morgan fingerprint density at radius 2 is 1.86 bits per heavy atom. The molecule has 1 N–H and O–H groups in total. The molecule has 0 saturated heterocycles. The molecule has 2 aromatic heterocycles. The summed E-state index contributed by atoms with van der Waals surface area (Å²) in [6.07, 6.45) is 6.38. The summed E-state index contributed by atoms with van der Waals surface area (Å²) < 4.78 is 1.49. The number of nitrogens with one attached hydrogen (secondary N) is 1. The molecule has 103 valence electrons. The number of amides is 1. The lowest BCUT2D eigenvalue weighted by molar-refractivity contribution is 0.253. The van der Waals surface area contributed by atoms with E-state index in [-0.39, 0.29) is 6.03 Å². The predicted molar refractivity (Wildman–Crippen MR) is 82.1 cm³/mol. The van der Waals surface area contributed by atoms with Crippen LogP contribution in [0.2, 0.25) is 0 Å². The van der Waals surface area contributed by atoms with Crippen molar-refractivity contribution < 1.29 is 4.79 Å². The first-order valence-electron chi connectivity index (χ1n) is 6.62. The standard InChI is InChI=1S/C17H14N3O/c1-13-11-15(14-5-3-2-4-6-14)12-20(13)17(21)19-16-7-9-18-10-8-16/h2-11H,1H3,(H,18,19,21). The normalized spacial score (nSPS) is 10.3. The Hall–Kier alpha value is -2.88. The second-order valence-electron chi connectivity index (χ2n) is 4.68. The van der Waals surface area contributed by atoms with Gasteiger partial charge in [-0.3, -0.25) is 9.55 Å². The molecule has 3 aromatic rings. The van der Waals surface area contributed by atoms with Crippen LogP contribution in [0.3, 0.4) is 0 Å². The zero-order valence-electron chi connectivity index (χ0n) is 11.6. The smallest absolute Gasteiger partial charge is 0.307 e. The molecule has 0 unspecified atom stereocenters. The molecule has 0 aliphatic heterocycles. The van der Waals surface area contributed by atoms with E-state index in [0.717, 1.165) is 16.8 Å². The fraction of sp³-hybridized carbons (Fsp3) is 0.0588. The van der Waals surface area contributed by atoms with Gasteiger partial charge in [0.05, 0.1) is 6.20 Å². The minimum Gasteiger partial charge on any atom is -0.307 e. The third kappa shape index (κ3) is 2.84. The highest BCUT2D eigenvalue weighted by Gasteiger charge is 2.11.